The minimum Gasteiger partial charge on any atom is -0.298 e. The topological polar surface area (TPSA) is 60.2 Å². The molecule has 0 N–H and O–H groups in total. The number of non-ortho nitro benzene ring substituents is 1. The molecule has 0 atom stereocenters. The van der Waals surface area contributed by atoms with Crippen LogP contribution < -0.4 is 0 Å². The minimum atomic E-state index is -0.436. The van der Waals surface area contributed by atoms with Gasteiger partial charge in [-0.3, -0.25) is 14.9 Å². The van der Waals surface area contributed by atoms with E-state index in [1.165, 1.54) is 12.1 Å². The zero-order chi connectivity index (χ0) is 11.3. The number of hydrogen-bond acceptors (Lipinski definition) is 3. The molecule has 0 saturated heterocycles. The van der Waals surface area contributed by atoms with Crippen LogP contribution in [0.3, 0.4) is 0 Å². The van der Waals surface area contributed by atoms with Crippen LogP contribution in [0.15, 0.2) is 36.4 Å². The number of nitro groups is 1. The van der Waals surface area contributed by atoms with Crippen molar-refractivity contribution in [3.63, 3.8) is 0 Å². The van der Waals surface area contributed by atoms with Gasteiger partial charge in [-0.2, -0.15) is 0 Å². The molecule has 0 radical (unpaired) electrons. The first-order valence-corrected chi connectivity index (χ1v) is 4.50. The number of hydrogen-bond donors (Lipinski definition) is 0. The average molecular weight is 205 g/mol. The van der Waals surface area contributed by atoms with Gasteiger partial charge in [-0.05, 0) is 24.0 Å². The van der Waals surface area contributed by atoms with E-state index in [9.17, 15) is 14.9 Å². The predicted molar refractivity (Wildman–Crippen MR) is 56.6 cm³/mol. The number of aryl methyl sites for hydroxylation is 1. The summed E-state index contributed by atoms with van der Waals surface area (Å²) in [6.07, 6.45) is 1.99. The summed E-state index contributed by atoms with van der Waals surface area (Å²) in [5.74, 6) is 0. The van der Waals surface area contributed by atoms with Gasteiger partial charge in [0.15, 0.2) is 0 Å². The molecular formula is C11H11NO3. The van der Waals surface area contributed by atoms with Crippen LogP contribution in [-0.4, -0.2) is 11.2 Å². The summed E-state index contributed by atoms with van der Waals surface area (Å²) >= 11 is 0. The summed E-state index contributed by atoms with van der Waals surface area (Å²) in [5, 5.41) is 10.4. The molecule has 0 aliphatic carbocycles. The first-order chi connectivity index (χ1) is 7.13. The lowest BCUT2D eigenvalue weighted by atomic mass is 10.1. The van der Waals surface area contributed by atoms with Crippen LogP contribution in [0.25, 0.3) is 0 Å². The van der Waals surface area contributed by atoms with Crippen molar-refractivity contribution in [2.45, 2.75) is 12.8 Å². The number of allylic oxidation sites excluding steroid dienone is 1. The third-order valence-corrected chi connectivity index (χ3v) is 2.05. The van der Waals surface area contributed by atoms with Gasteiger partial charge in [0, 0.05) is 12.1 Å². The fourth-order valence-corrected chi connectivity index (χ4v) is 1.15. The zero-order valence-corrected chi connectivity index (χ0v) is 8.18. The number of nitro benzene ring substituents is 1. The van der Waals surface area contributed by atoms with Crippen LogP contribution in [0.2, 0.25) is 0 Å². The second kappa shape index (κ2) is 5.05. The maximum Gasteiger partial charge on any atom is 0.269 e. The second-order valence-corrected chi connectivity index (χ2v) is 3.20. The number of carbonyl (C=O) groups excluding carboxylic acids is 1. The first kappa shape index (κ1) is 11.1. The van der Waals surface area contributed by atoms with Crippen molar-refractivity contribution in [3.05, 3.63) is 52.1 Å². The largest absolute Gasteiger partial charge is 0.298 e. The highest BCUT2D eigenvalue weighted by atomic mass is 16.6. The van der Waals surface area contributed by atoms with Gasteiger partial charge in [0.2, 0.25) is 0 Å². The summed E-state index contributed by atoms with van der Waals surface area (Å²) < 4.78 is 0. The fraction of sp³-hybridized carbons (Fsp3) is 0.182. The Kier molecular flexibility index (Phi) is 3.74. The summed E-state index contributed by atoms with van der Waals surface area (Å²) in [6.45, 7) is 3.56. The van der Waals surface area contributed by atoms with Gasteiger partial charge in [0.1, 0.15) is 6.29 Å². The van der Waals surface area contributed by atoms with Gasteiger partial charge < -0.3 is 0 Å². The van der Waals surface area contributed by atoms with Crippen LogP contribution in [0.1, 0.15) is 12.0 Å². The van der Waals surface area contributed by atoms with E-state index >= 15 is 0 Å². The van der Waals surface area contributed by atoms with Crippen molar-refractivity contribution in [1.29, 1.82) is 0 Å². The van der Waals surface area contributed by atoms with E-state index in [4.69, 9.17) is 0 Å². The Morgan fingerprint density at radius 2 is 2.00 bits per heavy atom. The summed E-state index contributed by atoms with van der Waals surface area (Å²) in [6, 6.07) is 6.30. The highest BCUT2D eigenvalue weighted by Gasteiger charge is 2.03. The van der Waals surface area contributed by atoms with Gasteiger partial charge >= 0.3 is 0 Å². The normalized spacial score (nSPS) is 9.60. The molecule has 0 fully saturated rings. The molecule has 1 aromatic carbocycles. The fourth-order valence-electron chi connectivity index (χ4n) is 1.15. The molecule has 4 nitrogen and oxygen atoms in total. The van der Waals surface area contributed by atoms with Crippen molar-refractivity contribution in [2.75, 3.05) is 0 Å². The molecule has 0 saturated carbocycles. The third kappa shape index (κ3) is 3.34. The van der Waals surface area contributed by atoms with E-state index in [-0.39, 0.29) is 5.69 Å². The third-order valence-electron chi connectivity index (χ3n) is 2.05. The maximum atomic E-state index is 10.4. The van der Waals surface area contributed by atoms with Crippen LogP contribution in [0.4, 0.5) is 5.69 Å². The van der Waals surface area contributed by atoms with Crippen LogP contribution in [-0.2, 0) is 11.2 Å². The molecular weight excluding hydrogens is 194 g/mol. The second-order valence-electron chi connectivity index (χ2n) is 3.20. The van der Waals surface area contributed by atoms with E-state index in [0.29, 0.717) is 18.4 Å². The van der Waals surface area contributed by atoms with E-state index < -0.39 is 4.92 Å². The van der Waals surface area contributed by atoms with Gasteiger partial charge in [0.05, 0.1) is 4.92 Å². The summed E-state index contributed by atoms with van der Waals surface area (Å²) in [5.41, 5.74) is 1.57. The molecule has 1 aromatic rings. The Balaban J connectivity index is 2.60. The molecule has 4 heteroatoms. The molecule has 0 aliphatic heterocycles. The molecule has 0 aromatic heterocycles. The Morgan fingerprint density at radius 1 is 1.40 bits per heavy atom. The van der Waals surface area contributed by atoms with Gasteiger partial charge in [-0.25, -0.2) is 0 Å². The van der Waals surface area contributed by atoms with Crippen molar-refractivity contribution >= 4 is 12.0 Å². The molecule has 0 spiro atoms. The van der Waals surface area contributed by atoms with Gasteiger partial charge in [-0.15, -0.1) is 0 Å². The standard InChI is InChI=1S/C11H11NO3/c1-9(8-13)2-3-10-4-6-11(7-5-10)12(14)15/h4-8H,1-3H2. The Labute approximate surface area is 87.4 Å². The van der Waals surface area contributed by atoms with Crippen molar-refractivity contribution in [1.82, 2.24) is 0 Å². The van der Waals surface area contributed by atoms with Crippen molar-refractivity contribution in [2.24, 2.45) is 0 Å². The Hall–Kier alpha value is -1.97. The average Bonchev–Trinajstić information content (AvgIpc) is 2.26. The van der Waals surface area contributed by atoms with E-state index in [1.54, 1.807) is 12.1 Å². The molecule has 0 bridgehead atoms. The lowest BCUT2D eigenvalue weighted by Gasteiger charge is -1.99. The number of aldehydes is 1. The molecule has 1 rings (SSSR count). The summed E-state index contributed by atoms with van der Waals surface area (Å²) in [4.78, 5) is 20.2. The lowest BCUT2D eigenvalue weighted by Crippen LogP contribution is -1.91. The van der Waals surface area contributed by atoms with Crippen molar-refractivity contribution < 1.29 is 9.72 Å². The maximum absolute atomic E-state index is 10.4. The monoisotopic (exact) mass is 205 g/mol. The Bertz CT molecular complexity index is 381. The van der Waals surface area contributed by atoms with E-state index in [0.717, 1.165) is 11.8 Å². The smallest absolute Gasteiger partial charge is 0.269 e. The van der Waals surface area contributed by atoms with Crippen molar-refractivity contribution in [3.8, 4) is 0 Å². The molecule has 0 heterocycles. The van der Waals surface area contributed by atoms with Gasteiger partial charge in [-0.1, -0.05) is 18.7 Å². The molecule has 78 valence electrons. The number of rotatable bonds is 5. The highest BCUT2D eigenvalue weighted by molar-refractivity contribution is 5.71. The number of nitrogens with zero attached hydrogens (tertiary/aromatic N) is 1. The highest BCUT2D eigenvalue weighted by Crippen LogP contribution is 2.13. The lowest BCUT2D eigenvalue weighted by molar-refractivity contribution is -0.384. The van der Waals surface area contributed by atoms with Crippen LogP contribution >= 0.6 is 0 Å². The van der Waals surface area contributed by atoms with Crippen LogP contribution in [0.5, 0.6) is 0 Å². The minimum absolute atomic E-state index is 0.0768. The SMILES string of the molecule is C=C(C=O)CCc1ccc([N+](=O)[O-])cc1. The summed E-state index contributed by atoms with van der Waals surface area (Å²) in [7, 11) is 0. The quantitative estimate of drug-likeness (QED) is 0.320. The van der Waals surface area contributed by atoms with Crippen LogP contribution in [0, 0.1) is 10.1 Å². The molecule has 0 unspecified atom stereocenters. The van der Waals surface area contributed by atoms with E-state index in [1.807, 2.05) is 0 Å². The van der Waals surface area contributed by atoms with Gasteiger partial charge in [0.25, 0.3) is 5.69 Å². The zero-order valence-electron chi connectivity index (χ0n) is 8.18. The Morgan fingerprint density at radius 3 is 2.47 bits per heavy atom. The number of benzene rings is 1. The molecule has 15 heavy (non-hydrogen) atoms. The van der Waals surface area contributed by atoms with E-state index in [2.05, 4.69) is 6.58 Å². The number of carbonyl (C=O) groups is 1. The first-order valence-electron chi connectivity index (χ1n) is 4.50. The molecule has 0 aliphatic rings. The predicted octanol–water partition coefficient (Wildman–Crippen LogP) is 2.28. The molecule has 0 amide bonds.